The molecule has 1 N–H and O–H groups in total. The molecule has 164 valence electrons. The number of hydrogen-bond acceptors (Lipinski definition) is 6. The Hall–Kier alpha value is -3.52. The zero-order valence-corrected chi connectivity index (χ0v) is 18.1. The number of piperidine rings is 1. The minimum absolute atomic E-state index is 0.129. The van der Waals surface area contributed by atoms with Gasteiger partial charge in [-0.15, -0.1) is 5.10 Å². The number of H-pyrrole nitrogens is 1. The summed E-state index contributed by atoms with van der Waals surface area (Å²) >= 11 is 0. The number of pyridine rings is 1. The second kappa shape index (κ2) is 8.92. The van der Waals surface area contributed by atoms with Gasteiger partial charge in [-0.1, -0.05) is 36.8 Å². The average molecular weight is 431 g/mol. The molecule has 1 saturated heterocycles. The van der Waals surface area contributed by atoms with Gasteiger partial charge >= 0.3 is 0 Å². The normalized spacial score (nSPS) is 15.7. The summed E-state index contributed by atoms with van der Waals surface area (Å²) in [5.74, 6) is 1.40. The average Bonchev–Trinajstić information content (AvgIpc) is 3.28. The first kappa shape index (κ1) is 20.4. The molecule has 2 aromatic heterocycles. The summed E-state index contributed by atoms with van der Waals surface area (Å²) in [6.45, 7) is 2.36. The van der Waals surface area contributed by atoms with Crippen LogP contribution < -0.4 is 10.3 Å². The molecular weight excluding hydrogens is 404 g/mol. The molecule has 0 unspecified atom stereocenters. The van der Waals surface area contributed by atoms with Crippen molar-refractivity contribution in [3.8, 4) is 5.75 Å². The maximum Gasteiger partial charge on any atom is 0.253 e. The Bertz CT molecular complexity index is 1260. The van der Waals surface area contributed by atoms with E-state index in [-0.39, 0.29) is 11.6 Å². The van der Waals surface area contributed by atoms with E-state index in [0.717, 1.165) is 42.4 Å². The number of benzene rings is 2. The first-order valence-electron chi connectivity index (χ1n) is 11.0. The molecule has 0 spiro atoms. The Morgan fingerprint density at radius 3 is 2.66 bits per heavy atom. The van der Waals surface area contributed by atoms with Crippen LogP contribution in [0.15, 0.2) is 59.4 Å². The third kappa shape index (κ3) is 4.01. The fourth-order valence-electron chi connectivity index (χ4n) is 4.48. The van der Waals surface area contributed by atoms with Crippen LogP contribution in [-0.2, 0) is 6.54 Å². The molecular formula is C24H26N6O2. The van der Waals surface area contributed by atoms with Crippen molar-refractivity contribution in [3.63, 3.8) is 0 Å². The van der Waals surface area contributed by atoms with Crippen molar-refractivity contribution < 1.29 is 4.74 Å². The highest BCUT2D eigenvalue weighted by molar-refractivity contribution is 5.80. The molecule has 0 radical (unpaired) electrons. The van der Waals surface area contributed by atoms with Crippen LogP contribution in [0.25, 0.3) is 10.9 Å². The predicted molar refractivity (Wildman–Crippen MR) is 122 cm³/mol. The quantitative estimate of drug-likeness (QED) is 0.506. The van der Waals surface area contributed by atoms with Gasteiger partial charge in [-0.25, -0.2) is 4.68 Å². The number of fused-ring (bicyclic) bond motifs is 1. The third-order valence-electron chi connectivity index (χ3n) is 6.11. The van der Waals surface area contributed by atoms with Crippen molar-refractivity contribution in [3.05, 3.63) is 81.9 Å². The zero-order valence-electron chi connectivity index (χ0n) is 18.1. The molecule has 0 aliphatic carbocycles. The van der Waals surface area contributed by atoms with Gasteiger partial charge < -0.3 is 9.72 Å². The number of aromatic amines is 1. The van der Waals surface area contributed by atoms with E-state index in [9.17, 15) is 4.79 Å². The summed E-state index contributed by atoms with van der Waals surface area (Å²) in [6.07, 6.45) is 3.39. The topological polar surface area (TPSA) is 88.9 Å². The van der Waals surface area contributed by atoms with Gasteiger partial charge in [0.05, 0.1) is 19.2 Å². The van der Waals surface area contributed by atoms with E-state index in [1.54, 1.807) is 7.11 Å². The summed E-state index contributed by atoms with van der Waals surface area (Å²) in [4.78, 5) is 18.7. The summed E-state index contributed by atoms with van der Waals surface area (Å²) < 4.78 is 7.12. The molecule has 32 heavy (non-hydrogen) atoms. The number of hydrogen-bond donors (Lipinski definition) is 1. The summed E-state index contributed by atoms with van der Waals surface area (Å²) in [5.41, 5.74) is 2.39. The number of methoxy groups -OCH3 is 1. The molecule has 8 nitrogen and oxygen atoms in total. The van der Waals surface area contributed by atoms with Crippen LogP contribution in [0.3, 0.4) is 0 Å². The summed E-state index contributed by atoms with van der Waals surface area (Å²) in [6, 6.07) is 17.5. The van der Waals surface area contributed by atoms with Gasteiger partial charge in [0.15, 0.2) is 5.82 Å². The molecule has 5 rings (SSSR count). The van der Waals surface area contributed by atoms with Gasteiger partial charge in [-0.05, 0) is 65.5 Å². The van der Waals surface area contributed by atoms with E-state index >= 15 is 0 Å². The van der Waals surface area contributed by atoms with Gasteiger partial charge in [-0.3, -0.25) is 9.69 Å². The lowest BCUT2D eigenvalue weighted by molar-refractivity contribution is 0.177. The van der Waals surface area contributed by atoms with Crippen molar-refractivity contribution >= 4 is 10.9 Å². The van der Waals surface area contributed by atoms with Crippen molar-refractivity contribution in [2.45, 2.75) is 31.8 Å². The maximum atomic E-state index is 13.3. The minimum atomic E-state index is -0.315. The Kier molecular flexibility index (Phi) is 5.68. The summed E-state index contributed by atoms with van der Waals surface area (Å²) in [7, 11) is 1.62. The number of rotatable bonds is 6. The van der Waals surface area contributed by atoms with Gasteiger partial charge in [-0.2, -0.15) is 0 Å². The Balaban J connectivity index is 1.61. The zero-order chi connectivity index (χ0) is 21.9. The Morgan fingerprint density at radius 1 is 1.06 bits per heavy atom. The van der Waals surface area contributed by atoms with Crippen molar-refractivity contribution in [1.82, 2.24) is 30.1 Å². The lowest BCUT2D eigenvalue weighted by Gasteiger charge is -2.33. The predicted octanol–water partition coefficient (Wildman–Crippen LogP) is 3.15. The lowest BCUT2D eigenvalue weighted by atomic mass is 10.0. The number of likely N-dealkylation sites (tertiary alicyclic amines) is 1. The van der Waals surface area contributed by atoms with E-state index in [2.05, 4.69) is 37.5 Å². The number of ether oxygens (including phenoxy) is 1. The van der Waals surface area contributed by atoms with E-state index in [0.29, 0.717) is 23.7 Å². The molecule has 0 amide bonds. The van der Waals surface area contributed by atoms with Crippen LogP contribution in [0.2, 0.25) is 0 Å². The number of tetrazole rings is 1. The first-order valence-corrected chi connectivity index (χ1v) is 11.0. The Labute approximate surface area is 185 Å². The van der Waals surface area contributed by atoms with Crippen LogP contribution in [0.4, 0.5) is 0 Å². The van der Waals surface area contributed by atoms with Gasteiger partial charge in [0.25, 0.3) is 5.56 Å². The molecule has 4 aromatic rings. The fraction of sp³-hybridized carbons (Fsp3) is 0.333. The van der Waals surface area contributed by atoms with Gasteiger partial charge in [0.2, 0.25) is 0 Å². The standard InChI is InChI=1S/C24H26N6O2/c1-32-19-11-10-18-14-20(24(31)25-21(18)15-19)22(29-12-6-3-7-13-29)23-26-27-28-30(23)16-17-8-4-2-5-9-17/h2,4-5,8-11,14-15,22H,3,6-7,12-13,16H2,1H3,(H,25,31)/t22-/m0/s1. The van der Waals surface area contributed by atoms with Crippen molar-refractivity contribution in [1.29, 1.82) is 0 Å². The molecule has 8 heteroatoms. The molecule has 2 aromatic carbocycles. The smallest absolute Gasteiger partial charge is 0.253 e. The molecule has 0 saturated carbocycles. The van der Waals surface area contributed by atoms with Crippen LogP contribution in [0, 0.1) is 0 Å². The SMILES string of the molecule is COc1ccc2cc([C@@H](c3nnnn3Cc3ccccc3)N3CCCCC3)c(=O)[nH]c2c1. The van der Waals surface area contributed by atoms with Crippen LogP contribution >= 0.6 is 0 Å². The lowest BCUT2D eigenvalue weighted by Crippen LogP contribution is -2.38. The third-order valence-corrected chi connectivity index (χ3v) is 6.11. The van der Waals surface area contributed by atoms with Crippen LogP contribution in [-0.4, -0.2) is 50.3 Å². The van der Waals surface area contributed by atoms with Crippen molar-refractivity contribution in [2.75, 3.05) is 20.2 Å². The number of aromatic nitrogens is 5. The van der Waals surface area contributed by atoms with Gasteiger partial charge in [0.1, 0.15) is 11.8 Å². The molecule has 3 heterocycles. The minimum Gasteiger partial charge on any atom is -0.497 e. The highest BCUT2D eigenvalue weighted by Crippen LogP contribution is 2.30. The fourth-order valence-corrected chi connectivity index (χ4v) is 4.48. The van der Waals surface area contributed by atoms with Crippen LogP contribution in [0.1, 0.15) is 42.3 Å². The van der Waals surface area contributed by atoms with E-state index < -0.39 is 0 Å². The number of nitrogens with one attached hydrogen (secondary N) is 1. The second-order valence-electron chi connectivity index (χ2n) is 8.19. The van der Waals surface area contributed by atoms with E-state index in [4.69, 9.17) is 4.74 Å². The van der Waals surface area contributed by atoms with Gasteiger partial charge in [0, 0.05) is 11.6 Å². The maximum absolute atomic E-state index is 13.3. The molecule has 1 aliphatic heterocycles. The highest BCUT2D eigenvalue weighted by atomic mass is 16.5. The number of nitrogens with zero attached hydrogens (tertiary/aromatic N) is 5. The molecule has 1 atom stereocenters. The van der Waals surface area contributed by atoms with Crippen LogP contribution in [0.5, 0.6) is 5.75 Å². The summed E-state index contributed by atoms with van der Waals surface area (Å²) in [5, 5.41) is 13.6. The Morgan fingerprint density at radius 2 is 1.88 bits per heavy atom. The highest BCUT2D eigenvalue weighted by Gasteiger charge is 2.31. The monoisotopic (exact) mass is 430 g/mol. The van der Waals surface area contributed by atoms with E-state index in [1.807, 2.05) is 47.1 Å². The second-order valence-corrected chi connectivity index (χ2v) is 8.19. The largest absolute Gasteiger partial charge is 0.497 e. The van der Waals surface area contributed by atoms with E-state index in [1.165, 1.54) is 6.42 Å². The molecule has 1 fully saturated rings. The first-order chi connectivity index (χ1) is 15.7. The van der Waals surface area contributed by atoms with Crippen molar-refractivity contribution in [2.24, 2.45) is 0 Å². The molecule has 1 aliphatic rings. The molecule has 0 bridgehead atoms.